The predicted molar refractivity (Wildman–Crippen MR) is 104 cm³/mol. The van der Waals surface area contributed by atoms with E-state index in [1.165, 1.54) is 6.92 Å². The van der Waals surface area contributed by atoms with E-state index in [0.717, 1.165) is 0 Å². The molecule has 2 aliphatic carbocycles. The third-order valence-corrected chi connectivity index (χ3v) is 7.18. The van der Waals surface area contributed by atoms with Gasteiger partial charge >= 0.3 is 5.97 Å². The number of hydrogen-bond acceptors (Lipinski definition) is 6. The second kappa shape index (κ2) is 6.24. The van der Waals surface area contributed by atoms with Crippen LogP contribution < -0.4 is 15.1 Å². The second-order valence-electron chi connectivity index (χ2n) is 9.38. The summed E-state index contributed by atoms with van der Waals surface area (Å²) in [7, 11) is 0. The van der Waals surface area contributed by atoms with Crippen molar-refractivity contribution in [2.45, 2.75) is 57.5 Å². The summed E-state index contributed by atoms with van der Waals surface area (Å²) < 4.78 is 29.1. The minimum Gasteiger partial charge on any atom is -0.481 e. The van der Waals surface area contributed by atoms with Crippen LogP contribution >= 0.6 is 0 Å². The number of halogens is 2. The third kappa shape index (κ3) is 2.83. The summed E-state index contributed by atoms with van der Waals surface area (Å²) in [5.41, 5.74) is 0.304. The van der Waals surface area contributed by atoms with Gasteiger partial charge < -0.3 is 20.2 Å². The SMILES string of the molecule is CC(=O)N[C@@H]1CN(c2nc(N3CC4(CC(C(=O)O)C4)C3)c3c(n2)C(F)(F)CC3)[C@H]1C. The first-order valence-corrected chi connectivity index (χ1v) is 10.4. The average molecular weight is 421 g/mol. The first kappa shape index (κ1) is 19.4. The van der Waals surface area contributed by atoms with Crippen molar-refractivity contribution >= 4 is 23.6 Å². The highest BCUT2D eigenvalue weighted by Gasteiger charge is 2.56. The van der Waals surface area contributed by atoms with Crippen molar-refractivity contribution in [2.75, 3.05) is 29.4 Å². The molecule has 0 radical (unpaired) electrons. The van der Waals surface area contributed by atoms with Crippen LogP contribution in [0, 0.1) is 11.3 Å². The molecule has 10 heteroatoms. The van der Waals surface area contributed by atoms with Crippen LogP contribution in [0.3, 0.4) is 0 Å². The van der Waals surface area contributed by atoms with Crippen LogP contribution in [0.25, 0.3) is 0 Å². The van der Waals surface area contributed by atoms with E-state index in [2.05, 4.69) is 15.3 Å². The molecule has 0 bridgehead atoms. The van der Waals surface area contributed by atoms with E-state index in [1.54, 1.807) is 0 Å². The number of carbonyl (C=O) groups excluding carboxylic acids is 1. The largest absolute Gasteiger partial charge is 0.481 e. The van der Waals surface area contributed by atoms with Crippen molar-refractivity contribution in [3.05, 3.63) is 11.3 Å². The van der Waals surface area contributed by atoms with Gasteiger partial charge in [0.1, 0.15) is 11.5 Å². The number of hydrogen-bond donors (Lipinski definition) is 2. The monoisotopic (exact) mass is 421 g/mol. The van der Waals surface area contributed by atoms with Crippen LogP contribution in [0.5, 0.6) is 0 Å². The number of aliphatic carboxylic acids is 1. The molecule has 3 heterocycles. The smallest absolute Gasteiger partial charge is 0.306 e. The fourth-order valence-electron chi connectivity index (χ4n) is 5.42. The van der Waals surface area contributed by atoms with Gasteiger partial charge in [0.15, 0.2) is 0 Å². The number of carboxylic acid groups (broad SMARTS) is 1. The summed E-state index contributed by atoms with van der Waals surface area (Å²) in [4.78, 5) is 35.2. The second-order valence-corrected chi connectivity index (χ2v) is 9.38. The number of alkyl halides is 2. The number of aromatic nitrogens is 2. The van der Waals surface area contributed by atoms with Gasteiger partial charge in [-0.1, -0.05) is 0 Å². The first-order valence-electron chi connectivity index (χ1n) is 10.4. The summed E-state index contributed by atoms with van der Waals surface area (Å²) in [5, 5.41) is 12.0. The van der Waals surface area contributed by atoms with E-state index < -0.39 is 11.9 Å². The van der Waals surface area contributed by atoms with E-state index >= 15 is 0 Å². The normalized spacial score (nSPS) is 28.4. The fraction of sp³-hybridized carbons (Fsp3) is 0.700. The molecule has 2 saturated heterocycles. The van der Waals surface area contributed by atoms with Crippen LogP contribution in [0.1, 0.15) is 44.4 Å². The van der Waals surface area contributed by atoms with Gasteiger partial charge in [-0.2, -0.15) is 13.8 Å². The molecule has 1 aromatic rings. The molecule has 1 saturated carbocycles. The van der Waals surface area contributed by atoms with Crippen molar-refractivity contribution in [1.29, 1.82) is 0 Å². The minimum atomic E-state index is -2.97. The first-order chi connectivity index (χ1) is 14.1. The molecule has 8 nitrogen and oxygen atoms in total. The molecule has 4 aliphatic rings. The Bertz CT molecular complexity index is 925. The Balaban J connectivity index is 1.39. The zero-order valence-electron chi connectivity index (χ0n) is 17.0. The molecular weight excluding hydrogens is 396 g/mol. The van der Waals surface area contributed by atoms with Crippen LogP contribution in [0.15, 0.2) is 0 Å². The van der Waals surface area contributed by atoms with E-state index in [0.29, 0.717) is 43.9 Å². The molecule has 1 amide bonds. The summed E-state index contributed by atoms with van der Waals surface area (Å²) in [6.45, 7) is 5.14. The van der Waals surface area contributed by atoms with Gasteiger partial charge in [0.05, 0.1) is 18.0 Å². The van der Waals surface area contributed by atoms with E-state index in [9.17, 15) is 18.4 Å². The third-order valence-electron chi connectivity index (χ3n) is 7.18. The van der Waals surface area contributed by atoms with Crippen molar-refractivity contribution in [1.82, 2.24) is 15.3 Å². The summed E-state index contributed by atoms with van der Waals surface area (Å²) in [5.74, 6) is -3.32. The lowest BCUT2D eigenvalue weighted by molar-refractivity contribution is -0.151. The van der Waals surface area contributed by atoms with E-state index in [-0.39, 0.29) is 53.8 Å². The van der Waals surface area contributed by atoms with Crippen LogP contribution in [0.2, 0.25) is 0 Å². The molecule has 3 fully saturated rings. The Morgan fingerprint density at radius 3 is 2.53 bits per heavy atom. The van der Waals surface area contributed by atoms with Gasteiger partial charge in [0.25, 0.3) is 5.92 Å². The number of carbonyl (C=O) groups is 2. The molecule has 30 heavy (non-hydrogen) atoms. The lowest BCUT2D eigenvalue weighted by Gasteiger charge is -2.58. The Hall–Kier alpha value is -2.52. The van der Waals surface area contributed by atoms with Gasteiger partial charge in [-0.3, -0.25) is 9.59 Å². The van der Waals surface area contributed by atoms with Gasteiger partial charge in [0, 0.05) is 44.0 Å². The molecule has 0 aromatic carbocycles. The zero-order valence-corrected chi connectivity index (χ0v) is 17.0. The van der Waals surface area contributed by atoms with E-state index in [1.807, 2.05) is 16.7 Å². The number of rotatable bonds is 4. The Morgan fingerprint density at radius 1 is 1.23 bits per heavy atom. The number of nitrogens with zero attached hydrogens (tertiary/aromatic N) is 4. The van der Waals surface area contributed by atoms with Crippen molar-refractivity contribution < 1.29 is 23.5 Å². The fourth-order valence-corrected chi connectivity index (χ4v) is 5.42. The van der Waals surface area contributed by atoms with E-state index in [4.69, 9.17) is 5.11 Å². The Kier molecular flexibility index (Phi) is 4.05. The van der Waals surface area contributed by atoms with Gasteiger partial charge in [-0.15, -0.1) is 0 Å². The molecule has 1 spiro atoms. The van der Waals surface area contributed by atoms with Crippen LogP contribution in [-0.2, 0) is 21.9 Å². The molecule has 5 rings (SSSR count). The van der Waals surface area contributed by atoms with Crippen LogP contribution in [0.4, 0.5) is 20.5 Å². The number of amides is 1. The summed E-state index contributed by atoms with van der Waals surface area (Å²) in [6, 6.07) is -0.140. The van der Waals surface area contributed by atoms with Gasteiger partial charge in [-0.05, 0) is 26.2 Å². The van der Waals surface area contributed by atoms with Crippen molar-refractivity contribution in [3.63, 3.8) is 0 Å². The standard InChI is InChI=1S/C20H25F2N5O3/c1-10-14(23-11(2)28)7-27(10)18-24-15-13(3-4-20(15,21)22)16(25-18)26-8-19(9-26)5-12(6-19)17(29)30/h10,12,14H,3-9H2,1-2H3,(H,23,28)(H,29,30)/t10-,14+/m0/s1. The van der Waals surface area contributed by atoms with Crippen molar-refractivity contribution in [2.24, 2.45) is 11.3 Å². The number of fused-ring (bicyclic) bond motifs is 1. The summed E-state index contributed by atoms with van der Waals surface area (Å²) >= 11 is 0. The molecule has 2 atom stereocenters. The number of nitrogens with one attached hydrogen (secondary N) is 1. The highest BCUT2D eigenvalue weighted by molar-refractivity contribution is 5.74. The molecular formula is C20H25F2N5O3. The maximum Gasteiger partial charge on any atom is 0.306 e. The van der Waals surface area contributed by atoms with Crippen molar-refractivity contribution in [3.8, 4) is 0 Å². The molecule has 1 aromatic heterocycles. The molecule has 2 aliphatic heterocycles. The maximum atomic E-state index is 14.5. The Morgan fingerprint density at radius 2 is 1.93 bits per heavy atom. The maximum absolute atomic E-state index is 14.5. The lowest BCUT2D eigenvalue weighted by Crippen LogP contribution is -2.66. The zero-order chi connectivity index (χ0) is 21.4. The average Bonchev–Trinajstić information content (AvgIpc) is 2.90. The quantitative estimate of drug-likeness (QED) is 0.761. The minimum absolute atomic E-state index is 0.0251. The molecule has 162 valence electrons. The number of carboxylic acids is 1. The predicted octanol–water partition coefficient (Wildman–Crippen LogP) is 1.53. The highest BCUT2D eigenvalue weighted by atomic mass is 19.3. The van der Waals surface area contributed by atoms with Gasteiger partial charge in [-0.25, -0.2) is 4.98 Å². The molecule has 0 unspecified atom stereocenters. The highest BCUT2D eigenvalue weighted by Crippen LogP contribution is 2.54. The lowest BCUT2D eigenvalue weighted by atomic mass is 9.57. The summed E-state index contributed by atoms with van der Waals surface area (Å²) in [6.07, 6.45) is 1.24. The van der Waals surface area contributed by atoms with Crippen LogP contribution in [-0.4, -0.2) is 58.7 Å². The van der Waals surface area contributed by atoms with Gasteiger partial charge in [0.2, 0.25) is 11.9 Å². The number of anilines is 2. The Labute approximate surface area is 172 Å². The molecule has 2 N–H and O–H groups in total. The topological polar surface area (TPSA) is 98.7 Å².